The second-order valence-electron chi connectivity index (χ2n) is 4.09. The van der Waals surface area contributed by atoms with Crippen LogP contribution >= 0.6 is 0 Å². The Morgan fingerprint density at radius 3 is 2.47 bits per heavy atom. The Labute approximate surface area is 113 Å². The number of hydrogen-bond acceptors (Lipinski definition) is 4. The number of benzene rings is 1. The Balaban J connectivity index is 2.84. The first-order valence-corrected chi connectivity index (χ1v) is 6.44. The molecule has 0 heterocycles. The van der Waals surface area contributed by atoms with E-state index in [0.717, 1.165) is 0 Å². The van der Waals surface area contributed by atoms with Gasteiger partial charge in [-0.1, -0.05) is 0 Å². The molecule has 1 atom stereocenters. The number of aliphatic hydroxyl groups excluding tert-OH is 1. The highest BCUT2D eigenvalue weighted by Gasteiger charge is 2.11. The standard InChI is InChI=1S/C14H21NO4/c1-4-18-12-7-6-11(8-13(12)19-5-2)14(17)15-9-10(3)16/h6-8,10,16H,4-5,9H2,1-3H3,(H,15,17)/t10-/m0/s1. The first kappa shape index (κ1) is 15.3. The van der Waals surface area contributed by atoms with E-state index >= 15 is 0 Å². The summed E-state index contributed by atoms with van der Waals surface area (Å²) in [5.74, 6) is 0.926. The maximum atomic E-state index is 11.9. The Morgan fingerprint density at radius 1 is 1.26 bits per heavy atom. The first-order valence-electron chi connectivity index (χ1n) is 6.44. The molecular formula is C14H21NO4. The average Bonchev–Trinajstić information content (AvgIpc) is 2.38. The highest BCUT2D eigenvalue weighted by atomic mass is 16.5. The van der Waals surface area contributed by atoms with Gasteiger partial charge in [0.2, 0.25) is 0 Å². The number of ether oxygens (including phenoxy) is 2. The third kappa shape index (κ3) is 4.79. The summed E-state index contributed by atoms with van der Waals surface area (Å²) in [5, 5.41) is 11.8. The molecule has 0 aliphatic heterocycles. The molecule has 106 valence electrons. The molecule has 0 unspecified atom stereocenters. The van der Waals surface area contributed by atoms with E-state index in [2.05, 4.69) is 5.32 Å². The van der Waals surface area contributed by atoms with Gasteiger partial charge in [0.1, 0.15) is 0 Å². The molecule has 0 aromatic heterocycles. The summed E-state index contributed by atoms with van der Waals surface area (Å²) in [4.78, 5) is 11.9. The number of amides is 1. The van der Waals surface area contributed by atoms with Crippen molar-refractivity contribution >= 4 is 5.91 Å². The highest BCUT2D eigenvalue weighted by Crippen LogP contribution is 2.28. The molecule has 19 heavy (non-hydrogen) atoms. The highest BCUT2D eigenvalue weighted by molar-refractivity contribution is 5.94. The van der Waals surface area contributed by atoms with Crippen LogP contribution in [0.15, 0.2) is 18.2 Å². The van der Waals surface area contributed by atoms with E-state index in [1.54, 1.807) is 25.1 Å². The van der Waals surface area contributed by atoms with Gasteiger partial charge in [-0.3, -0.25) is 4.79 Å². The van der Waals surface area contributed by atoms with Crippen LogP contribution in [0.5, 0.6) is 11.5 Å². The molecule has 0 bridgehead atoms. The normalized spacial score (nSPS) is 11.8. The van der Waals surface area contributed by atoms with Crippen molar-refractivity contribution < 1.29 is 19.4 Å². The second-order valence-corrected chi connectivity index (χ2v) is 4.09. The van der Waals surface area contributed by atoms with E-state index in [1.165, 1.54) is 0 Å². The molecule has 0 radical (unpaired) electrons. The molecule has 0 aliphatic rings. The topological polar surface area (TPSA) is 67.8 Å². The summed E-state index contributed by atoms with van der Waals surface area (Å²) in [6.45, 7) is 6.63. The van der Waals surface area contributed by atoms with Crippen molar-refractivity contribution in [2.45, 2.75) is 26.9 Å². The lowest BCUT2D eigenvalue weighted by Crippen LogP contribution is -2.30. The summed E-state index contributed by atoms with van der Waals surface area (Å²) < 4.78 is 10.9. The fourth-order valence-electron chi connectivity index (χ4n) is 1.53. The van der Waals surface area contributed by atoms with Crippen LogP contribution in [0.2, 0.25) is 0 Å². The number of carbonyl (C=O) groups is 1. The molecule has 0 aliphatic carbocycles. The quantitative estimate of drug-likeness (QED) is 0.787. The molecule has 0 spiro atoms. The van der Waals surface area contributed by atoms with Crippen LogP contribution in [0.1, 0.15) is 31.1 Å². The number of hydrogen-bond donors (Lipinski definition) is 2. The monoisotopic (exact) mass is 267 g/mol. The summed E-state index contributed by atoms with van der Waals surface area (Å²) in [5.41, 5.74) is 0.479. The van der Waals surface area contributed by atoms with Crippen LogP contribution in [0.25, 0.3) is 0 Å². The van der Waals surface area contributed by atoms with Crippen LogP contribution in [0.4, 0.5) is 0 Å². The molecule has 1 aromatic rings. The third-order valence-corrected chi connectivity index (χ3v) is 2.36. The fraction of sp³-hybridized carbons (Fsp3) is 0.500. The Kier molecular flexibility index (Phi) is 6.15. The number of rotatable bonds is 7. The number of carbonyl (C=O) groups excluding carboxylic acids is 1. The average molecular weight is 267 g/mol. The van der Waals surface area contributed by atoms with Crippen molar-refractivity contribution in [2.75, 3.05) is 19.8 Å². The lowest BCUT2D eigenvalue weighted by molar-refractivity contribution is 0.0923. The molecule has 1 aromatic carbocycles. The number of nitrogens with one attached hydrogen (secondary N) is 1. The minimum atomic E-state index is -0.571. The van der Waals surface area contributed by atoms with Gasteiger partial charge in [-0.2, -0.15) is 0 Å². The Hall–Kier alpha value is -1.75. The van der Waals surface area contributed by atoms with Crippen molar-refractivity contribution in [1.29, 1.82) is 0 Å². The van der Waals surface area contributed by atoms with Gasteiger partial charge >= 0.3 is 0 Å². The molecule has 0 saturated heterocycles. The van der Waals surface area contributed by atoms with Gasteiger partial charge in [0, 0.05) is 12.1 Å². The fourth-order valence-corrected chi connectivity index (χ4v) is 1.53. The summed E-state index contributed by atoms with van der Waals surface area (Å²) in [7, 11) is 0. The lowest BCUT2D eigenvalue weighted by Gasteiger charge is -2.13. The molecule has 1 rings (SSSR count). The zero-order valence-electron chi connectivity index (χ0n) is 11.6. The molecule has 5 nitrogen and oxygen atoms in total. The van der Waals surface area contributed by atoms with Crippen LogP contribution in [-0.2, 0) is 0 Å². The molecular weight excluding hydrogens is 246 g/mol. The zero-order chi connectivity index (χ0) is 14.3. The summed E-state index contributed by atoms with van der Waals surface area (Å²) in [6, 6.07) is 5.03. The zero-order valence-corrected chi connectivity index (χ0v) is 11.6. The van der Waals surface area contributed by atoms with Gasteiger partial charge in [0.05, 0.1) is 19.3 Å². The lowest BCUT2D eigenvalue weighted by atomic mass is 10.2. The molecule has 0 fully saturated rings. The Bertz CT molecular complexity index is 418. The maximum Gasteiger partial charge on any atom is 0.251 e. The maximum absolute atomic E-state index is 11.9. The van der Waals surface area contributed by atoms with Crippen molar-refractivity contribution in [1.82, 2.24) is 5.32 Å². The van der Waals surface area contributed by atoms with Gasteiger partial charge in [-0.15, -0.1) is 0 Å². The van der Waals surface area contributed by atoms with Crippen molar-refractivity contribution in [2.24, 2.45) is 0 Å². The minimum absolute atomic E-state index is 0.218. The van der Waals surface area contributed by atoms with Gasteiger partial charge in [-0.25, -0.2) is 0 Å². The van der Waals surface area contributed by atoms with E-state index in [-0.39, 0.29) is 12.5 Å². The van der Waals surface area contributed by atoms with Crippen molar-refractivity contribution in [3.63, 3.8) is 0 Å². The summed E-state index contributed by atoms with van der Waals surface area (Å²) in [6.07, 6.45) is -0.571. The SMILES string of the molecule is CCOc1ccc(C(=O)NC[C@H](C)O)cc1OCC. The van der Waals surface area contributed by atoms with Crippen LogP contribution < -0.4 is 14.8 Å². The van der Waals surface area contributed by atoms with E-state index in [4.69, 9.17) is 14.6 Å². The van der Waals surface area contributed by atoms with Crippen molar-refractivity contribution in [3.05, 3.63) is 23.8 Å². The molecule has 1 amide bonds. The van der Waals surface area contributed by atoms with E-state index < -0.39 is 6.10 Å². The Morgan fingerprint density at radius 2 is 1.89 bits per heavy atom. The minimum Gasteiger partial charge on any atom is -0.490 e. The van der Waals surface area contributed by atoms with Gasteiger partial charge in [0.25, 0.3) is 5.91 Å². The van der Waals surface area contributed by atoms with Crippen LogP contribution in [0, 0.1) is 0 Å². The van der Waals surface area contributed by atoms with Gasteiger partial charge in [-0.05, 0) is 39.0 Å². The summed E-state index contributed by atoms with van der Waals surface area (Å²) >= 11 is 0. The largest absolute Gasteiger partial charge is 0.490 e. The van der Waals surface area contributed by atoms with E-state index in [1.807, 2.05) is 13.8 Å². The second kappa shape index (κ2) is 7.63. The van der Waals surface area contributed by atoms with Crippen LogP contribution in [-0.4, -0.2) is 36.9 Å². The number of aliphatic hydroxyl groups is 1. The van der Waals surface area contributed by atoms with Crippen LogP contribution in [0.3, 0.4) is 0 Å². The van der Waals surface area contributed by atoms with Gasteiger partial charge in [0.15, 0.2) is 11.5 Å². The molecule has 0 saturated carbocycles. The molecule has 2 N–H and O–H groups in total. The predicted octanol–water partition coefficient (Wildman–Crippen LogP) is 1.59. The van der Waals surface area contributed by atoms with Crippen molar-refractivity contribution in [3.8, 4) is 11.5 Å². The smallest absolute Gasteiger partial charge is 0.251 e. The van der Waals surface area contributed by atoms with Gasteiger partial charge < -0.3 is 19.9 Å². The van der Waals surface area contributed by atoms with E-state index in [9.17, 15) is 4.79 Å². The predicted molar refractivity (Wildman–Crippen MR) is 72.8 cm³/mol. The first-order chi connectivity index (χ1) is 9.08. The van der Waals surface area contributed by atoms with E-state index in [0.29, 0.717) is 30.3 Å². The third-order valence-electron chi connectivity index (χ3n) is 2.36. The molecule has 5 heteroatoms.